The quantitative estimate of drug-likeness (QED) is 0.547. The average Bonchev–Trinajstić information content (AvgIpc) is 3.39. The van der Waals surface area contributed by atoms with Gasteiger partial charge in [0.1, 0.15) is 11.8 Å². The molecule has 7 heteroatoms. The molecule has 2 aliphatic heterocycles. The van der Waals surface area contributed by atoms with E-state index in [4.69, 9.17) is 4.74 Å². The number of methoxy groups -OCH3 is 1. The van der Waals surface area contributed by atoms with Crippen LogP contribution in [0.25, 0.3) is 0 Å². The van der Waals surface area contributed by atoms with Gasteiger partial charge in [0.25, 0.3) is 0 Å². The summed E-state index contributed by atoms with van der Waals surface area (Å²) < 4.78 is 5.28. The predicted molar refractivity (Wildman–Crippen MR) is 102 cm³/mol. The van der Waals surface area contributed by atoms with Crippen molar-refractivity contribution in [1.82, 2.24) is 27.0 Å². The molecular weight excluding hydrogens is 342 g/mol. The van der Waals surface area contributed by atoms with E-state index in [0.29, 0.717) is 6.42 Å². The molecule has 4 unspecified atom stereocenters. The molecule has 142 valence electrons. The van der Waals surface area contributed by atoms with Gasteiger partial charge in [0.15, 0.2) is 0 Å². The molecule has 0 radical (unpaired) electrons. The third-order valence-corrected chi connectivity index (χ3v) is 5.14. The van der Waals surface area contributed by atoms with Crippen molar-refractivity contribution >= 4 is 5.91 Å². The summed E-state index contributed by atoms with van der Waals surface area (Å²) in [5.41, 5.74) is 15.1. The van der Waals surface area contributed by atoms with Gasteiger partial charge in [-0.2, -0.15) is 0 Å². The molecule has 0 aromatic heterocycles. The van der Waals surface area contributed by atoms with Gasteiger partial charge in [0.2, 0.25) is 5.91 Å². The minimum absolute atomic E-state index is 0.0130. The summed E-state index contributed by atoms with van der Waals surface area (Å²) in [6.07, 6.45) is 1.39. The maximum Gasteiger partial charge on any atom is 0.239 e. The minimum Gasteiger partial charge on any atom is -0.497 e. The number of hydrazine groups is 2. The lowest BCUT2D eigenvalue weighted by Gasteiger charge is -2.16. The van der Waals surface area contributed by atoms with Crippen molar-refractivity contribution in [3.8, 4) is 5.75 Å². The van der Waals surface area contributed by atoms with Gasteiger partial charge < -0.3 is 10.1 Å². The Labute approximate surface area is 158 Å². The highest BCUT2D eigenvalue weighted by atomic mass is 16.5. The number of benzene rings is 2. The molecule has 27 heavy (non-hydrogen) atoms. The Kier molecular flexibility index (Phi) is 5.35. The zero-order valence-corrected chi connectivity index (χ0v) is 15.2. The smallest absolute Gasteiger partial charge is 0.239 e. The van der Waals surface area contributed by atoms with Gasteiger partial charge in [0.05, 0.1) is 13.3 Å². The summed E-state index contributed by atoms with van der Waals surface area (Å²) in [6.45, 7) is 0. The van der Waals surface area contributed by atoms with Gasteiger partial charge >= 0.3 is 0 Å². The Balaban J connectivity index is 1.31. The first-order valence-electron chi connectivity index (χ1n) is 9.24. The van der Waals surface area contributed by atoms with Gasteiger partial charge in [-0.05, 0) is 29.7 Å². The van der Waals surface area contributed by atoms with Crippen molar-refractivity contribution in [2.45, 2.75) is 37.1 Å². The van der Waals surface area contributed by atoms with Gasteiger partial charge in [0, 0.05) is 18.5 Å². The third-order valence-electron chi connectivity index (χ3n) is 5.14. The summed E-state index contributed by atoms with van der Waals surface area (Å²) in [4.78, 5) is 12.6. The van der Waals surface area contributed by atoms with Crippen molar-refractivity contribution in [2.75, 3.05) is 7.11 Å². The summed E-state index contributed by atoms with van der Waals surface area (Å²) in [5.74, 6) is 0.802. The topological polar surface area (TPSA) is 86.5 Å². The van der Waals surface area contributed by atoms with E-state index in [1.54, 1.807) is 7.11 Å². The number of ether oxygens (including phenoxy) is 1. The minimum atomic E-state index is -0.279. The average molecular weight is 367 g/mol. The van der Waals surface area contributed by atoms with Gasteiger partial charge in [-0.3, -0.25) is 4.79 Å². The monoisotopic (exact) mass is 367 g/mol. The number of amides is 1. The van der Waals surface area contributed by atoms with Gasteiger partial charge in [-0.15, -0.1) is 0 Å². The molecule has 0 saturated carbocycles. The zero-order chi connectivity index (χ0) is 18.6. The number of carbonyl (C=O) groups excluding carboxylic acids is 1. The predicted octanol–water partition coefficient (Wildman–Crippen LogP) is 1.28. The largest absolute Gasteiger partial charge is 0.497 e. The second-order valence-electron chi connectivity index (χ2n) is 6.95. The Morgan fingerprint density at radius 3 is 2.48 bits per heavy atom. The molecule has 0 bridgehead atoms. The van der Waals surface area contributed by atoms with E-state index in [-0.39, 0.29) is 30.2 Å². The third kappa shape index (κ3) is 4.12. The number of rotatable bonds is 5. The van der Waals surface area contributed by atoms with Crippen LogP contribution in [-0.4, -0.2) is 25.2 Å². The van der Waals surface area contributed by atoms with Crippen molar-refractivity contribution in [2.24, 2.45) is 0 Å². The first-order valence-corrected chi connectivity index (χ1v) is 9.24. The molecule has 2 aromatic carbocycles. The first-order chi connectivity index (χ1) is 13.2. The summed E-state index contributed by atoms with van der Waals surface area (Å²) in [6, 6.07) is 18.1. The van der Waals surface area contributed by atoms with E-state index < -0.39 is 0 Å². The van der Waals surface area contributed by atoms with Gasteiger partial charge in [-0.1, -0.05) is 42.5 Å². The number of nitrogens with one attached hydrogen (secondary N) is 5. The molecule has 5 N–H and O–H groups in total. The van der Waals surface area contributed by atoms with E-state index in [9.17, 15) is 4.79 Å². The van der Waals surface area contributed by atoms with Crippen LogP contribution in [0.3, 0.4) is 0 Å². The van der Waals surface area contributed by atoms with Crippen LogP contribution in [0.4, 0.5) is 0 Å². The molecule has 2 saturated heterocycles. The molecule has 2 fully saturated rings. The lowest BCUT2D eigenvalue weighted by molar-refractivity contribution is -0.123. The Hall–Kier alpha value is -2.45. The molecule has 0 spiro atoms. The van der Waals surface area contributed by atoms with Crippen LogP contribution in [0.2, 0.25) is 0 Å². The number of hydrogen-bond donors (Lipinski definition) is 5. The molecule has 2 aromatic rings. The van der Waals surface area contributed by atoms with Crippen molar-refractivity contribution < 1.29 is 9.53 Å². The Morgan fingerprint density at radius 1 is 0.926 bits per heavy atom. The molecule has 4 rings (SSSR count). The highest BCUT2D eigenvalue weighted by molar-refractivity contribution is 5.82. The molecule has 4 atom stereocenters. The molecule has 2 aliphatic rings. The molecule has 7 nitrogen and oxygen atoms in total. The van der Waals surface area contributed by atoms with Crippen molar-refractivity contribution in [1.29, 1.82) is 0 Å². The SMILES string of the molecule is COc1cccc(C2CC(C(=O)NC3CC(c4ccccc4)NN3)NN2)c1. The lowest BCUT2D eigenvalue weighted by atomic mass is 10.0. The maximum atomic E-state index is 12.6. The van der Waals surface area contributed by atoms with Crippen LogP contribution in [0, 0.1) is 0 Å². The standard InChI is InChI=1S/C20H25N5O2/c1-27-15-9-5-8-14(10-15)16-11-18(24-22-16)20(26)21-19-12-17(23-25-19)13-6-3-2-4-7-13/h2-10,16-19,22-25H,11-12H2,1H3,(H,21,26). The number of carbonyl (C=O) groups is 1. The molecule has 2 heterocycles. The molecular formula is C20H25N5O2. The van der Waals surface area contributed by atoms with Crippen LogP contribution < -0.4 is 31.8 Å². The van der Waals surface area contributed by atoms with E-state index in [1.807, 2.05) is 42.5 Å². The first kappa shape index (κ1) is 17.9. The Bertz CT molecular complexity index is 785. The highest BCUT2D eigenvalue weighted by Crippen LogP contribution is 2.26. The Morgan fingerprint density at radius 2 is 1.67 bits per heavy atom. The second-order valence-corrected chi connectivity index (χ2v) is 6.95. The summed E-state index contributed by atoms with van der Waals surface area (Å²) in [5, 5.41) is 3.08. The zero-order valence-electron chi connectivity index (χ0n) is 15.2. The summed E-state index contributed by atoms with van der Waals surface area (Å²) >= 11 is 0. The fourth-order valence-corrected chi connectivity index (χ4v) is 3.63. The normalized spacial score (nSPS) is 27.4. The second kappa shape index (κ2) is 8.06. The van der Waals surface area contributed by atoms with E-state index in [1.165, 1.54) is 5.56 Å². The fraction of sp³-hybridized carbons (Fsp3) is 0.350. The van der Waals surface area contributed by atoms with Crippen molar-refractivity contribution in [3.63, 3.8) is 0 Å². The van der Waals surface area contributed by atoms with Crippen LogP contribution in [0.5, 0.6) is 5.75 Å². The summed E-state index contributed by atoms with van der Waals surface area (Å²) in [7, 11) is 1.65. The van der Waals surface area contributed by atoms with Crippen LogP contribution in [0.1, 0.15) is 36.1 Å². The van der Waals surface area contributed by atoms with E-state index >= 15 is 0 Å². The molecule has 0 aliphatic carbocycles. The van der Waals surface area contributed by atoms with Crippen LogP contribution >= 0.6 is 0 Å². The molecule has 1 amide bonds. The highest BCUT2D eigenvalue weighted by Gasteiger charge is 2.33. The maximum absolute atomic E-state index is 12.6. The van der Waals surface area contributed by atoms with E-state index in [0.717, 1.165) is 17.7 Å². The van der Waals surface area contributed by atoms with Crippen LogP contribution in [0.15, 0.2) is 54.6 Å². The van der Waals surface area contributed by atoms with E-state index in [2.05, 4.69) is 39.2 Å². The fourth-order valence-electron chi connectivity index (χ4n) is 3.63. The number of hydrogen-bond acceptors (Lipinski definition) is 6. The lowest BCUT2D eigenvalue weighted by Crippen LogP contribution is -2.50. The van der Waals surface area contributed by atoms with Crippen molar-refractivity contribution in [3.05, 3.63) is 65.7 Å². The van der Waals surface area contributed by atoms with Crippen LogP contribution in [-0.2, 0) is 4.79 Å². The van der Waals surface area contributed by atoms with Gasteiger partial charge in [-0.25, -0.2) is 21.7 Å².